The van der Waals surface area contributed by atoms with Crippen LogP contribution in [0.2, 0.25) is 0 Å². The highest BCUT2D eigenvalue weighted by molar-refractivity contribution is 5.79. The Morgan fingerprint density at radius 2 is 1.74 bits per heavy atom. The van der Waals surface area contributed by atoms with Crippen molar-refractivity contribution in [3.05, 3.63) is 17.7 Å². The number of guanidine groups is 1. The number of rotatable bonds is 11. The average Bonchev–Trinajstić information content (AvgIpc) is 3.53. The van der Waals surface area contributed by atoms with E-state index in [1.807, 2.05) is 12.1 Å². The molecule has 0 aliphatic heterocycles. The minimum atomic E-state index is 0.520. The fraction of sp³-hybridized carbons (Fsp3) is 0.650. The monoisotopic (exact) mass is 378 g/mol. The highest BCUT2D eigenvalue weighted by Gasteiger charge is 2.27. The van der Waals surface area contributed by atoms with Gasteiger partial charge in [0.1, 0.15) is 0 Å². The number of benzene rings is 1. The smallest absolute Gasteiger partial charge is 0.203 e. The molecule has 0 spiro atoms. The lowest BCUT2D eigenvalue weighted by molar-refractivity contribution is 0.282. The summed E-state index contributed by atoms with van der Waals surface area (Å²) in [4.78, 5) is 7.22. The molecule has 0 amide bonds. The Labute approximate surface area is 163 Å². The van der Waals surface area contributed by atoms with Crippen LogP contribution in [0.15, 0.2) is 17.1 Å². The molecule has 1 aliphatic rings. The van der Waals surface area contributed by atoms with Crippen molar-refractivity contribution in [2.24, 2.45) is 4.99 Å². The van der Waals surface area contributed by atoms with Gasteiger partial charge in [-0.15, -0.1) is 0 Å². The molecule has 1 saturated carbocycles. The Bertz CT molecular complexity index is 592. The summed E-state index contributed by atoms with van der Waals surface area (Å²) in [7, 11) is 4.84. The maximum absolute atomic E-state index is 5.42. The summed E-state index contributed by atoms with van der Waals surface area (Å²) in [5.41, 5.74) is 0.995. The van der Waals surface area contributed by atoms with E-state index in [4.69, 9.17) is 19.2 Å². The topological polar surface area (TPSA) is 67.4 Å². The van der Waals surface area contributed by atoms with Gasteiger partial charge >= 0.3 is 0 Å². The second-order valence-corrected chi connectivity index (χ2v) is 6.52. The van der Waals surface area contributed by atoms with Gasteiger partial charge in [-0.2, -0.15) is 0 Å². The van der Waals surface area contributed by atoms with Crippen molar-refractivity contribution >= 4 is 5.96 Å². The van der Waals surface area contributed by atoms with Crippen LogP contribution in [0.3, 0.4) is 0 Å². The van der Waals surface area contributed by atoms with Gasteiger partial charge in [-0.3, -0.25) is 4.90 Å². The summed E-state index contributed by atoms with van der Waals surface area (Å²) < 4.78 is 16.2. The maximum atomic E-state index is 5.42. The van der Waals surface area contributed by atoms with Crippen LogP contribution in [0.4, 0.5) is 0 Å². The van der Waals surface area contributed by atoms with Crippen molar-refractivity contribution in [3.8, 4) is 17.2 Å². The second kappa shape index (κ2) is 10.9. The molecule has 152 valence electrons. The third-order valence-corrected chi connectivity index (χ3v) is 4.65. The molecule has 7 heteroatoms. The Hall–Kier alpha value is -2.15. The molecular formula is C20H34N4O3. The Morgan fingerprint density at radius 1 is 1.07 bits per heavy atom. The maximum Gasteiger partial charge on any atom is 0.203 e. The molecule has 1 aliphatic carbocycles. The van der Waals surface area contributed by atoms with Gasteiger partial charge < -0.3 is 24.8 Å². The number of hydrogen-bond acceptors (Lipinski definition) is 5. The number of likely N-dealkylation sites (N-methyl/N-ethyl adjacent to an activating group) is 1. The van der Waals surface area contributed by atoms with E-state index in [1.165, 1.54) is 12.8 Å². The van der Waals surface area contributed by atoms with Gasteiger partial charge in [-0.25, -0.2) is 4.99 Å². The van der Waals surface area contributed by atoms with E-state index in [-0.39, 0.29) is 0 Å². The van der Waals surface area contributed by atoms with Gasteiger partial charge in [-0.1, -0.05) is 6.92 Å². The van der Waals surface area contributed by atoms with Crippen LogP contribution in [0.25, 0.3) is 0 Å². The lowest BCUT2D eigenvalue weighted by Gasteiger charge is -2.20. The van der Waals surface area contributed by atoms with Gasteiger partial charge in [0.15, 0.2) is 17.5 Å². The molecule has 0 atom stereocenters. The van der Waals surface area contributed by atoms with E-state index in [0.717, 1.165) is 43.7 Å². The van der Waals surface area contributed by atoms with Crippen LogP contribution in [0, 0.1) is 0 Å². The Balaban J connectivity index is 2.00. The first kappa shape index (κ1) is 21.2. The standard InChI is InChI=1S/C20H34N4O3/c1-6-21-20(22-10-11-24(7-2)16-8-9-16)23-14-15-12-17(25-3)19(27-5)18(13-15)26-4/h12-13,16H,6-11,14H2,1-5H3,(H2,21,22,23). The molecule has 0 bridgehead atoms. The van der Waals surface area contributed by atoms with Crippen molar-refractivity contribution in [2.45, 2.75) is 39.3 Å². The van der Waals surface area contributed by atoms with Crippen LogP contribution in [0.5, 0.6) is 17.2 Å². The van der Waals surface area contributed by atoms with Crippen molar-refractivity contribution in [3.63, 3.8) is 0 Å². The molecule has 1 fully saturated rings. The molecule has 0 unspecified atom stereocenters. The van der Waals surface area contributed by atoms with Crippen molar-refractivity contribution in [1.29, 1.82) is 0 Å². The van der Waals surface area contributed by atoms with E-state index >= 15 is 0 Å². The van der Waals surface area contributed by atoms with E-state index in [0.29, 0.717) is 23.8 Å². The molecule has 7 nitrogen and oxygen atoms in total. The quantitative estimate of drug-likeness (QED) is 0.455. The van der Waals surface area contributed by atoms with Crippen molar-refractivity contribution in [1.82, 2.24) is 15.5 Å². The van der Waals surface area contributed by atoms with Crippen LogP contribution in [-0.2, 0) is 6.54 Å². The molecule has 0 heterocycles. The summed E-state index contributed by atoms with van der Waals surface area (Å²) in [6, 6.07) is 4.65. The molecule has 27 heavy (non-hydrogen) atoms. The molecule has 2 N–H and O–H groups in total. The van der Waals surface area contributed by atoms with Gasteiger partial charge in [0.2, 0.25) is 5.75 Å². The minimum absolute atomic E-state index is 0.520. The largest absolute Gasteiger partial charge is 0.493 e. The van der Waals surface area contributed by atoms with E-state index in [2.05, 4.69) is 29.4 Å². The van der Waals surface area contributed by atoms with Gasteiger partial charge in [0, 0.05) is 25.7 Å². The van der Waals surface area contributed by atoms with Crippen LogP contribution in [0.1, 0.15) is 32.3 Å². The third-order valence-electron chi connectivity index (χ3n) is 4.65. The molecule has 1 aromatic carbocycles. The molecule has 1 aromatic rings. The van der Waals surface area contributed by atoms with Crippen LogP contribution in [-0.4, -0.2) is 64.4 Å². The van der Waals surface area contributed by atoms with Gasteiger partial charge in [0.05, 0.1) is 27.9 Å². The first-order chi connectivity index (χ1) is 13.2. The summed E-state index contributed by atoms with van der Waals surface area (Å²) in [5, 5.41) is 6.73. The predicted molar refractivity (Wildman–Crippen MR) is 109 cm³/mol. The SMILES string of the molecule is CCNC(=NCc1cc(OC)c(OC)c(OC)c1)NCCN(CC)C1CC1. The van der Waals surface area contributed by atoms with E-state index < -0.39 is 0 Å². The first-order valence-electron chi connectivity index (χ1n) is 9.71. The summed E-state index contributed by atoms with van der Waals surface area (Å²) in [6.45, 7) is 8.65. The van der Waals surface area contributed by atoms with Gasteiger partial charge in [-0.05, 0) is 44.0 Å². The fourth-order valence-corrected chi connectivity index (χ4v) is 3.10. The predicted octanol–water partition coefficient (Wildman–Crippen LogP) is 2.25. The van der Waals surface area contributed by atoms with Crippen LogP contribution >= 0.6 is 0 Å². The average molecular weight is 379 g/mol. The van der Waals surface area contributed by atoms with E-state index in [1.54, 1.807) is 21.3 Å². The highest BCUT2D eigenvalue weighted by atomic mass is 16.5. The number of ether oxygens (including phenoxy) is 3. The molecule has 2 rings (SSSR count). The first-order valence-corrected chi connectivity index (χ1v) is 9.71. The lowest BCUT2D eigenvalue weighted by Crippen LogP contribution is -2.42. The molecule has 0 radical (unpaired) electrons. The zero-order valence-corrected chi connectivity index (χ0v) is 17.3. The molecule has 0 saturated heterocycles. The Kier molecular flexibility index (Phi) is 8.51. The molecule has 0 aromatic heterocycles. The van der Waals surface area contributed by atoms with Crippen molar-refractivity contribution in [2.75, 3.05) is 47.5 Å². The van der Waals surface area contributed by atoms with E-state index in [9.17, 15) is 0 Å². The number of nitrogens with zero attached hydrogens (tertiary/aromatic N) is 2. The minimum Gasteiger partial charge on any atom is -0.493 e. The fourth-order valence-electron chi connectivity index (χ4n) is 3.10. The number of methoxy groups -OCH3 is 3. The zero-order chi connectivity index (χ0) is 19.6. The number of aliphatic imine (C=N–C) groups is 1. The second-order valence-electron chi connectivity index (χ2n) is 6.52. The summed E-state index contributed by atoms with van der Waals surface area (Å²) in [5.74, 6) is 2.70. The number of nitrogens with one attached hydrogen (secondary N) is 2. The zero-order valence-electron chi connectivity index (χ0n) is 17.3. The Morgan fingerprint density at radius 3 is 2.22 bits per heavy atom. The van der Waals surface area contributed by atoms with Crippen molar-refractivity contribution < 1.29 is 14.2 Å². The highest BCUT2D eigenvalue weighted by Crippen LogP contribution is 2.38. The number of hydrogen-bond donors (Lipinski definition) is 2. The normalized spacial score (nSPS) is 14.2. The third kappa shape index (κ3) is 6.20. The lowest BCUT2D eigenvalue weighted by atomic mass is 10.2. The van der Waals surface area contributed by atoms with Crippen LogP contribution < -0.4 is 24.8 Å². The van der Waals surface area contributed by atoms with Gasteiger partial charge in [0.25, 0.3) is 0 Å². The summed E-state index contributed by atoms with van der Waals surface area (Å²) in [6.07, 6.45) is 2.67. The summed E-state index contributed by atoms with van der Waals surface area (Å²) >= 11 is 0. The molecular weight excluding hydrogens is 344 g/mol.